The lowest BCUT2D eigenvalue weighted by atomic mass is 9.85. The average Bonchev–Trinajstić information content (AvgIpc) is 3.34. The van der Waals surface area contributed by atoms with Gasteiger partial charge in [0.15, 0.2) is 11.5 Å². The summed E-state index contributed by atoms with van der Waals surface area (Å²) in [5.41, 5.74) is 11.8. The number of rotatable bonds is 5. The van der Waals surface area contributed by atoms with Crippen molar-refractivity contribution in [1.29, 1.82) is 0 Å². The zero-order valence-corrected chi connectivity index (χ0v) is 22.0. The third kappa shape index (κ3) is 5.02. The summed E-state index contributed by atoms with van der Waals surface area (Å²) in [6.45, 7) is 1.76. The maximum absolute atomic E-state index is 14.1. The smallest absolute Gasteiger partial charge is 0.259 e. The molecule has 6 rings (SSSR count). The van der Waals surface area contributed by atoms with Gasteiger partial charge >= 0.3 is 0 Å². The number of hydrazine groups is 1. The molecular weight excluding hydrogens is 518 g/mol. The van der Waals surface area contributed by atoms with Gasteiger partial charge in [0.05, 0.1) is 23.7 Å². The number of nitrogens with one attached hydrogen (secondary N) is 2. The number of aromatic nitrogens is 4. The Balaban J connectivity index is 1.33. The second-order valence-corrected chi connectivity index (χ2v) is 9.44. The molecule has 3 atom stereocenters. The van der Waals surface area contributed by atoms with Crippen molar-refractivity contribution < 1.29 is 9.59 Å². The highest BCUT2D eigenvalue weighted by molar-refractivity contribution is 6.10. The van der Waals surface area contributed by atoms with Crippen LogP contribution in [0.25, 0.3) is 5.65 Å². The fraction of sp³-hybridized carbons (Fsp3) is 0.133. The number of para-hydroxylation sites is 1. The maximum Gasteiger partial charge on any atom is 0.259 e. The molecule has 0 saturated carbocycles. The van der Waals surface area contributed by atoms with Gasteiger partial charge < -0.3 is 11.1 Å². The molecule has 0 fully saturated rings. The Bertz CT molecular complexity index is 1780. The highest BCUT2D eigenvalue weighted by atomic mass is 16.2. The molecular formula is C30H25N9O2. The zero-order chi connectivity index (χ0) is 28.3. The standard InChI is InChI=1S/C30H25N9O2/c1-19(34-29(40)25-26(31)37-38-18-6-15-33-28(25)38)27-35-23-10-5-7-21(12-11-20-13-16-32-17-14-20)24(23)30(41)39(27)36-22-8-3-2-4-9-22/h2-10,13-19,23-24,36H,1H3,(H2,31,37)(H,34,40)/t19-,23?,24?/m1/s1. The van der Waals surface area contributed by atoms with E-state index in [1.165, 1.54) is 9.52 Å². The van der Waals surface area contributed by atoms with E-state index in [1.807, 2.05) is 60.7 Å². The molecule has 4 aromatic rings. The highest BCUT2D eigenvalue weighted by Crippen LogP contribution is 2.30. The SMILES string of the molecule is C[C@@H](NC(=O)c1c(N)nn2cccnc12)C1=NC2C=CC=C(C#Cc3ccncc3)C2C(=O)N1Nc1ccccc1. The van der Waals surface area contributed by atoms with E-state index in [9.17, 15) is 9.59 Å². The average molecular weight is 544 g/mol. The number of nitrogens with two attached hydrogens (primary N) is 1. The van der Waals surface area contributed by atoms with Gasteiger partial charge in [-0.15, -0.1) is 5.10 Å². The van der Waals surface area contributed by atoms with E-state index in [0.717, 1.165) is 5.56 Å². The first kappa shape index (κ1) is 25.5. The largest absolute Gasteiger partial charge is 0.381 e. The van der Waals surface area contributed by atoms with Crippen LogP contribution in [-0.4, -0.2) is 54.3 Å². The second-order valence-electron chi connectivity index (χ2n) is 9.44. The summed E-state index contributed by atoms with van der Waals surface area (Å²) in [7, 11) is 0. The molecule has 4 heterocycles. The van der Waals surface area contributed by atoms with Crippen LogP contribution < -0.4 is 16.5 Å². The van der Waals surface area contributed by atoms with Crippen LogP contribution in [0.1, 0.15) is 22.8 Å². The number of fused-ring (bicyclic) bond motifs is 2. The predicted molar refractivity (Wildman–Crippen MR) is 154 cm³/mol. The van der Waals surface area contributed by atoms with Gasteiger partial charge in [-0.2, -0.15) is 0 Å². The van der Waals surface area contributed by atoms with Gasteiger partial charge in [0.2, 0.25) is 0 Å². The monoisotopic (exact) mass is 543 g/mol. The lowest BCUT2D eigenvalue weighted by molar-refractivity contribution is -0.130. The van der Waals surface area contributed by atoms with Gasteiger partial charge in [-0.25, -0.2) is 14.5 Å². The van der Waals surface area contributed by atoms with Crippen molar-refractivity contribution in [2.45, 2.75) is 19.0 Å². The quantitative estimate of drug-likeness (QED) is 0.329. The number of aliphatic imine (C=N–C) groups is 1. The molecule has 0 spiro atoms. The number of carbonyl (C=O) groups is 2. The summed E-state index contributed by atoms with van der Waals surface area (Å²) in [4.78, 5) is 40.7. The molecule has 4 N–H and O–H groups in total. The van der Waals surface area contributed by atoms with E-state index in [1.54, 1.807) is 37.8 Å². The molecule has 11 heteroatoms. The number of nitrogen functional groups attached to an aromatic ring is 1. The molecule has 1 aromatic carbocycles. The normalized spacial score (nSPS) is 18.5. The summed E-state index contributed by atoms with van der Waals surface area (Å²) < 4.78 is 1.44. The zero-order valence-electron chi connectivity index (χ0n) is 22.0. The Hall–Kier alpha value is -5.76. The van der Waals surface area contributed by atoms with Crippen LogP contribution in [0, 0.1) is 17.8 Å². The number of pyridine rings is 1. The molecule has 202 valence electrons. The first-order valence-corrected chi connectivity index (χ1v) is 12.9. The molecule has 2 unspecified atom stereocenters. The van der Waals surface area contributed by atoms with Crippen molar-refractivity contribution in [2.75, 3.05) is 11.2 Å². The van der Waals surface area contributed by atoms with E-state index in [0.29, 0.717) is 22.7 Å². The number of anilines is 2. The number of amides is 2. The fourth-order valence-electron chi connectivity index (χ4n) is 4.74. The number of hydrogen-bond acceptors (Lipinski definition) is 8. The summed E-state index contributed by atoms with van der Waals surface area (Å²) in [5, 5.41) is 8.49. The van der Waals surface area contributed by atoms with Crippen LogP contribution >= 0.6 is 0 Å². The molecule has 0 bridgehead atoms. The van der Waals surface area contributed by atoms with Crippen LogP contribution in [0.15, 0.2) is 102 Å². The number of carbonyl (C=O) groups excluding carboxylic acids is 2. The first-order chi connectivity index (χ1) is 20.0. The van der Waals surface area contributed by atoms with Gasteiger partial charge in [-0.1, -0.05) is 42.2 Å². The number of nitrogens with zero attached hydrogens (tertiary/aromatic N) is 6. The highest BCUT2D eigenvalue weighted by Gasteiger charge is 2.42. The lowest BCUT2D eigenvalue weighted by Crippen LogP contribution is -2.58. The van der Waals surface area contributed by atoms with Gasteiger partial charge in [0.1, 0.15) is 11.4 Å². The predicted octanol–water partition coefficient (Wildman–Crippen LogP) is 2.63. The molecule has 11 nitrogen and oxygen atoms in total. The number of allylic oxidation sites excluding steroid dienone is 2. The van der Waals surface area contributed by atoms with E-state index < -0.39 is 23.9 Å². The molecule has 41 heavy (non-hydrogen) atoms. The van der Waals surface area contributed by atoms with Crippen molar-refractivity contribution in [2.24, 2.45) is 10.9 Å². The Morgan fingerprint density at radius 2 is 1.88 bits per heavy atom. The van der Waals surface area contributed by atoms with Crippen molar-refractivity contribution in [1.82, 2.24) is 29.9 Å². The van der Waals surface area contributed by atoms with Crippen LogP contribution in [0.2, 0.25) is 0 Å². The Morgan fingerprint density at radius 1 is 1.07 bits per heavy atom. The molecule has 0 radical (unpaired) electrons. The molecule has 2 aliphatic rings. The maximum atomic E-state index is 14.1. The van der Waals surface area contributed by atoms with Gasteiger partial charge in [-0.3, -0.25) is 25.0 Å². The third-order valence-electron chi connectivity index (χ3n) is 6.69. The summed E-state index contributed by atoms with van der Waals surface area (Å²) in [6, 6.07) is 13.4. The lowest BCUT2D eigenvalue weighted by Gasteiger charge is -2.38. The van der Waals surface area contributed by atoms with E-state index in [4.69, 9.17) is 10.7 Å². The van der Waals surface area contributed by atoms with E-state index >= 15 is 0 Å². The first-order valence-electron chi connectivity index (χ1n) is 12.9. The minimum absolute atomic E-state index is 0.0483. The van der Waals surface area contributed by atoms with Crippen molar-refractivity contribution in [3.63, 3.8) is 0 Å². The second kappa shape index (κ2) is 10.8. The minimum Gasteiger partial charge on any atom is -0.381 e. The van der Waals surface area contributed by atoms with Gasteiger partial charge in [0.25, 0.3) is 11.8 Å². The van der Waals surface area contributed by atoms with E-state index in [-0.39, 0.29) is 17.3 Å². The Labute approximate surface area is 235 Å². The number of benzene rings is 1. The van der Waals surface area contributed by atoms with Gasteiger partial charge in [-0.05, 0) is 43.3 Å². The Morgan fingerprint density at radius 3 is 2.68 bits per heavy atom. The van der Waals surface area contributed by atoms with E-state index in [2.05, 4.69) is 37.7 Å². The van der Waals surface area contributed by atoms with Crippen LogP contribution in [0.4, 0.5) is 11.5 Å². The van der Waals surface area contributed by atoms with Gasteiger partial charge in [0, 0.05) is 35.9 Å². The van der Waals surface area contributed by atoms with Crippen molar-refractivity contribution in [3.05, 3.63) is 108 Å². The fourth-order valence-corrected chi connectivity index (χ4v) is 4.74. The Kier molecular flexibility index (Phi) is 6.71. The van der Waals surface area contributed by atoms with Crippen LogP contribution in [0.5, 0.6) is 0 Å². The summed E-state index contributed by atoms with van der Waals surface area (Å²) in [6.07, 6.45) is 12.1. The van der Waals surface area contributed by atoms with Crippen LogP contribution in [0.3, 0.4) is 0 Å². The molecule has 1 aliphatic carbocycles. The summed E-state index contributed by atoms with van der Waals surface area (Å²) in [5.74, 6) is 5.28. The molecule has 0 saturated heterocycles. The number of hydrogen-bond donors (Lipinski definition) is 3. The topological polar surface area (TPSA) is 143 Å². The molecule has 2 amide bonds. The minimum atomic E-state index is -0.688. The van der Waals surface area contributed by atoms with Crippen molar-refractivity contribution >= 4 is 34.8 Å². The van der Waals surface area contributed by atoms with Crippen LogP contribution in [-0.2, 0) is 4.79 Å². The van der Waals surface area contributed by atoms with Crippen molar-refractivity contribution in [3.8, 4) is 11.8 Å². The number of amidine groups is 1. The summed E-state index contributed by atoms with van der Waals surface area (Å²) >= 11 is 0. The molecule has 3 aromatic heterocycles. The third-order valence-corrected chi connectivity index (χ3v) is 6.69. The molecule has 1 aliphatic heterocycles.